The third-order valence-corrected chi connectivity index (χ3v) is 8.19. The van der Waals surface area contributed by atoms with E-state index in [0.29, 0.717) is 12.1 Å². The topological polar surface area (TPSA) is 64.4 Å². The SMILES string of the molecule is COc1ccc(Cn2c3ccc(Br)cc3c3c(N[C@H]4CC[C@H](N5CCOCC5)CC4)ncnc32)cc1. The molecule has 0 spiro atoms. The highest BCUT2D eigenvalue weighted by atomic mass is 79.9. The van der Waals surface area contributed by atoms with Crippen molar-refractivity contribution in [3.8, 4) is 5.75 Å². The summed E-state index contributed by atoms with van der Waals surface area (Å²) in [6.45, 7) is 4.60. The monoisotopic (exact) mass is 549 g/mol. The third kappa shape index (κ3) is 4.69. The molecule has 2 aromatic heterocycles. The van der Waals surface area contributed by atoms with Gasteiger partial charge in [0.05, 0.1) is 31.2 Å². The van der Waals surface area contributed by atoms with Crippen molar-refractivity contribution >= 4 is 43.7 Å². The lowest BCUT2D eigenvalue weighted by Gasteiger charge is -2.39. The maximum absolute atomic E-state index is 5.55. The Morgan fingerprint density at radius 3 is 2.56 bits per heavy atom. The Hall–Kier alpha value is -2.68. The number of benzene rings is 2. The molecule has 188 valence electrons. The van der Waals surface area contributed by atoms with E-state index in [2.05, 4.69) is 61.0 Å². The summed E-state index contributed by atoms with van der Waals surface area (Å²) in [6, 6.07) is 15.8. The van der Waals surface area contributed by atoms with Crippen molar-refractivity contribution in [3.63, 3.8) is 0 Å². The molecule has 1 aliphatic carbocycles. The number of rotatable bonds is 6. The summed E-state index contributed by atoms with van der Waals surface area (Å²) < 4.78 is 14.2. The fourth-order valence-electron chi connectivity index (χ4n) is 5.79. The van der Waals surface area contributed by atoms with Crippen LogP contribution in [0.4, 0.5) is 5.82 Å². The zero-order valence-electron chi connectivity index (χ0n) is 20.6. The number of hydrogen-bond donors (Lipinski definition) is 1. The Balaban J connectivity index is 1.29. The van der Waals surface area contributed by atoms with Gasteiger partial charge in [-0.05, 0) is 61.6 Å². The van der Waals surface area contributed by atoms with Crippen molar-refractivity contribution in [2.24, 2.45) is 0 Å². The molecule has 3 heterocycles. The van der Waals surface area contributed by atoms with Crippen LogP contribution >= 0.6 is 15.9 Å². The smallest absolute Gasteiger partial charge is 0.146 e. The van der Waals surface area contributed by atoms with E-state index in [4.69, 9.17) is 19.4 Å². The average Bonchev–Trinajstić information content (AvgIpc) is 3.23. The Bertz CT molecular complexity index is 1340. The number of hydrogen-bond acceptors (Lipinski definition) is 6. The van der Waals surface area contributed by atoms with Gasteiger partial charge in [-0.3, -0.25) is 4.90 Å². The van der Waals surface area contributed by atoms with Gasteiger partial charge in [0.25, 0.3) is 0 Å². The second-order valence-corrected chi connectivity index (χ2v) is 10.7. The maximum Gasteiger partial charge on any atom is 0.146 e. The third-order valence-electron chi connectivity index (χ3n) is 7.70. The summed E-state index contributed by atoms with van der Waals surface area (Å²) in [4.78, 5) is 12.1. The van der Waals surface area contributed by atoms with Crippen LogP contribution in [0.5, 0.6) is 5.75 Å². The zero-order chi connectivity index (χ0) is 24.5. The van der Waals surface area contributed by atoms with Gasteiger partial charge in [-0.25, -0.2) is 9.97 Å². The first-order valence-corrected chi connectivity index (χ1v) is 13.6. The molecule has 1 N–H and O–H groups in total. The molecule has 6 rings (SSSR count). The molecule has 0 atom stereocenters. The van der Waals surface area contributed by atoms with Gasteiger partial charge in [-0.1, -0.05) is 28.1 Å². The molecule has 7 nitrogen and oxygen atoms in total. The van der Waals surface area contributed by atoms with Crippen molar-refractivity contribution in [1.29, 1.82) is 0 Å². The van der Waals surface area contributed by atoms with Crippen LogP contribution in [0.3, 0.4) is 0 Å². The minimum absolute atomic E-state index is 0.424. The molecule has 0 unspecified atom stereocenters. The summed E-state index contributed by atoms with van der Waals surface area (Å²) in [5.74, 6) is 1.80. The van der Waals surface area contributed by atoms with Gasteiger partial charge in [0, 0.05) is 41.6 Å². The predicted molar refractivity (Wildman–Crippen MR) is 147 cm³/mol. The van der Waals surface area contributed by atoms with Crippen molar-refractivity contribution < 1.29 is 9.47 Å². The molecule has 0 bridgehead atoms. The number of fused-ring (bicyclic) bond motifs is 3. The van der Waals surface area contributed by atoms with Gasteiger partial charge in [-0.15, -0.1) is 0 Å². The number of halogens is 1. The molecule has 4 aromatic rings. The van der Waals surface area contributed by atoms with Crippen LogP contribution in [0.1, 0.15) is 31.2 Å². The number of ether oxygens (including phenoxy) is 2. The highest BCUT2D eigenvalue weighted by Gasteiger charge is 2.28. The second-order valence-electron chi connectivity index (χ2n) is 9.81. The lowest BCUT2D eigenvalue weighted by atomic mass is 9.90. The zero-order valence-corrected chi connectivity index (χ0v) is 22.2. The van der Waals surface area contributed by atoms with Gasteiger partial charge in [0.15, 0.2) is 0 Å². The Kier molecular flexibility index (Phi) is 6.82. The van der Waals surface area contributed by atoms with Crippen LogP contribution in [0.25, 0.3) is 21.9 Å². The van der Waals surface area contributed by atoms with E-state index in [1.165, 1.54) is 18.4 Å². The predicted octanol–water partition coefficient (Wildman–Crippen LogP) is 5.46. The minimum Gasteiger partial charge on any atom is -0.497 e. The second kappa shape index (κ2) is 10.4. The first-order valence-electron chi connectivity index (χ1n) is 12.8. The van der Waals surface area contributed by atoms with E-state index < -0.39 is 0 Å². The van der Waals surface area contributed by atoms with Crippen molar-refractivity contribution in [1.82, 2.24) is 19.4 Å². The van der Waals surface area contributed by atoms with E-state index in [1.807, 2.05) is 12.1 Å². The van der Waals surface area contributed by atoms with Gasteiger partial charge in [0.1, 0.15) is 23.5 Å². The molecule has 8 heteroatoms. The number of nitrogens with zero attached hydrogens (tertiary/aromatic N) is 4. The van der Waals surface area contributed by atoms with Gasteiger partial charge >= 0.3 is 0 Å². The van der Waals surface area contributed by atoms with Gasteiger partial charge in [-0.2, -0.15) is 0 Å². The maximum atomic E-state index is 5.55. The van der Waals surface area contributed by atoms with Crippen LogP contribution < -0.4 is 10.1 Å². The lowest BCUT2D eigenvalue weighted by Crippen LogP contribution is -2.46. The molecule has 1 aliphatic heterocycles. The number of morpholine rings is 1. The van der Waals surface area contributed by atoms with Crippen LogP contribution in [-0.2, 0) is 11.3 Å². The van der Waals surface area contributed by atoms with E-state index in [9.17, 15) is 0 Å². The normalized spacial score (nSPS) is 21.2. The highest BCUT2D eigenvalue weighted by molar-refractivity contribution is 9.10. The summed E-state index contributed by atoms with van der Waals surface area (Å²) in [5.41, 5.74) is 3.31. The Labute approximate surface area is 219 Å². The molecule has 2 aliphatic rings. The first-order chi connectivity index (χ1) is 17.7. The van der Waals surface area contributed by atoms with Crippen LogP contribution in [0.2, 0.25) is 0 Å². The summed E-state index contributed by atoms with van der Waals surface area (Å²) in [5, 5.41) is 6.07. The molecular formula is C28H32BrN5O2. The van der Waals surface area contributed by atoms with Crippen molar-refractivity contribution in [2.45, 2.75) is 44.3 Å². The van der Waals surface area contributed by atoms with E-state index in [1.54, 1.807) is 13.4 Å². The molecular weight excluding hydrogens is 518 g/mol. The van der Waals surface area contributed by atoms with E-state index in [-0.39, 0.29) is 0 Å². The van der Waals surface area contributed by atoms with Crippen LogP contribution in [0.15, 0.2) is 53.3 Å². The van der Waals surface area contributed by atoms with E-state index in [0.717, 1.165) is 83.7 Å². The number of methoxy groups -OCH3 is 1. The van der Waals surface area contributed by atoms with Crippen molar-refractivity contribution in [2.75, 3.05) is 38.7 Å². The molecule has 2 fully saturated rings. The first kappa shape index (κ1) is 23.7. The summed E-state index contributed by atoms with van der Waals surface area (Å²) in [6.07, 6.45) is 6.44. The molecule has 0 amide bonds. The molecule has 36 heavy (non-hydrogen) atoms. The fourth-order valence-corrected chi connectivity index (χ4v) is 6.15. The summed E-state index contributed by atoms with van der Waals surface area (Å²) in [7, 11) is 1.69. The number of aromatic nitrogens is 3. The fraction of sp³-hybridized carbons (Fsp3) is 0.429. The Morgan fingerprint density at radius 1 is 1.03 bits per heavy atom. The summed E-state index contributed by atoms with van der Waals surface area (Å²) >= 11 is 3.68. The molecule has 1 saturated carbocycles. The van der Waals surface area contributed by atoms with Gasteiger partial charge < -0.3 is 19.4 Å². The highest BCUT2D eigenvalue weighted by Crippen LogP contribution is 2.36. The number of nitrogens with one attached hydrogen (secondary N) is 1. The molecule has 2 aromatic carbocycles. The van der Waals surface area contributed by atoms with Gasteiger partial charge in [0.2, 0.25) is 0 Å². The lowest BCUT2D eigenvalue weighted by molar-refractivity contribution is 0.00791. The molecule has 0 radical (unpaired) electrons. The molecule has 1 saturated heterocycles. The Morgan fingerprint density at radius 2 is 1.81 bits per heavy atom. The standard InChI is InChI=1S/C28H32BrN5O2/c1-35-23-9-2-19(3-10-23)17-34-25-11-4-20(29)16-24(25)26-27(30-18-31-28(26)34)32-21-5-7-22(8-6-21)33-12-14-36-15-13-33/h2-4,9-11,16,18,21-22H,5-8,12-15,17H2,1H3,(H,30,31,32)/t21-,22-. The van der Waals surface area contributed by atoms with E-state index >= 15 is 0 Å². The number of anilines is 1. The largest absolute Gasteiger partial charge is 0.497 e. The van der Waals surface area contributed by atoms with Crippen LogP contribution in [0, 0.1) is 0 Å². The average molecular weight is 551 g/mol. The minimum atomic E-state index is 0.424. The quantitative estimate of drug-likeness (QED) is 0.344. The van der Waals surface area contributed by atoms with Crippen LogP contribution in [-0.4, -0.2) is 64.9 Å². The van der Waals surface area contributed by atoms with Crippen molar-refractivity contribution in [3.05, 3.63) is 58.8 Å².